The molecule has 1 aromatic carbocycles. The summed E-state index contributed by atoms with van der Waals surface area (Å²) in [7, 11) is 0. The van der Waals surface area contributed by atoms with Gasteiger partial charge in [0.05, 0.1) is 23.1 Å². The van der Waals surface area contributed by atoms with Crippen LogP contribution in [-0.2, 0) is 0 Å². The van der Waals surface area contributed by atoms with Crippen LogP contribution in [0.4, 0.5) is 5.13 Å². The third-order valence-electron chi connectivity index (χ3n) is 3.66. The Morgan fingerprint density at radius 2 is 2.12 bits per heavy atom. The number of nitrogens with two attached hydrogens (primary N) is 1. The van der Waals surface area contributed by atoms with Crippen LogP contribution in [0.3, 0.4) is 0 Å². The molecule has 9 heteroatoms. The van der Waals surface area contributed by atoms with E-state index in [4.69, 9.17) is 5.73 Å². The van der Waals surface area contributed by atoms with Crippen molar-refractivity contribution in [3.05, 3.63) is 53.4 Å². The maximum absolute atomic E-state index is 12.5. The number of amides is 2. The lowest BCUT2D eigenvalue weighted by Gasteiger charge is -2.02. The summed E-state index contributed by atoms with van der Waals surface area (Å²) >= 11 is 1.29. The van der Waals surface area contributed by atoms with Crippen molar-refractivity contribution < 1.29 is 9.59 Å². The van der Waals surface area contributed by atoms with Gasteiger partial charge < -0.3 is 15.7 Å². The number of nitrogens with zero attached hydrogens (tertiary/aromatic N) is 2. The van der Waals surface area contributed by atoms with Gasteiger partial charge in [0.15, 0.2) is 5.13 Å². The number of fused-ring (bicyclic) bond motifs is 1. The maximum atomic E-state index is 12.5. The van der Waals surface area contributed by atoms with E-state index >= 15 is 0 Å². The fraction of sp³-hybridized carbons (Fsp3) is 0. The lowest BCUT2D eigenvalue weighted by molar-refractivity contribution is 0.0994. The van der Waals surface area contributed by atoms with E-state index in [2.05, 4.69) is 25.3 Å². The number of carbonyl (C=O) groups excluding carboxylic acids is 2. The maximum Gasteiger partial charge on any atom is 0.265 e. The summed E-state index contributed by atoms with van der Waals surface area (Å²) in [6.45, 7) is 0. The molecule has 0 aliphatic heterocycles. The van der Waals surface area contributed by atoms with Crippen molar-refractivity contribution >= 4 is 39.3 Å². The molecule has 4 rings (SSSR count). The monoisotopic (exact) mass is 352 g/mol. The molecule has 0 atom stereocenters. The van der Waals surface area contributed by atoms with Gasteiger partial charge in [-0.15, -0.1) is 11.3 Å². The number of H-pyrrole nitrogens is 2. The number of imidazole rings is 1. The predicted molar refractivity (Wildman–Crippen MR) is 94.5 cm³/mol. The molecule has 0 spiro atoms. The molecule has 0 aliphatic carbocycles. The van der Waals surface area contributed by atoms with E-state index in [1.807, 2.05) is 6.07 Å². The molecular formula is C16H12N6O2S. The van der Waals surface area contributed by atoms with Crippen LogP contribution in [0.15, 0.2) is 42.2 Å². The van der Waals surface area contributed by atoms with Crippen LogP contribution >= 0.6 is 11.3 Å². The van der Waals surface area contributed by atoms with Gasteiger partial charge >= 0.3 is 0 Å². The lowest BCUT2D eigenvalue weighted by atomic mass is 10.2. The van der Waals surface area contributed by atoms with Crippen LogP contribution in [0, 0.1) is 0 Å². The Bertz CT molecular complexity index is 1090. The number of hydrogen-bond donors (Lipinski definition) is 4. The number of rotatable bonds is 4. The third-order valence-corrected chi connectivity index (χ3v) is 4.42. The SMILES string of the molecule is NC(=O)c1cc(-c2csc(NC(=O)c3cccc4[nH]cnc34)n2)c[nH]1. The Balaban J connectivity index is 1.57. The minimum Gasteiger partial charge on any atom is -0.364 e. The smallest absolute Gasteiger partial charge is 0.265 e. The number of hydrogen-bond acceptors (Lipinski definition) is 5. The van der Waals surface area contributed by atoms with Crippen LogP contribution in [-0.4, -0.2) is 31.8 Å². The van der Waals surface area contributed by atoms with Gasteiger partial charge in [0, 0.05) is 17.1 Å². The molecule has 25 heavy (non-hydrogen) atoms. The number of anilines is 1. The Morgan fingerprint density at radius 1 is 1.24 bits per heavy atom. The van der Waals surface area contributed by atoms with Crippen molar-refractivity contribution in [2.24, 2.45) is 5.73 Å². The number of aromatic nitrogens is 4. The molecule has 0 bridgehead atoms. The quantitative estimate of drug-likeness (QED) is 0.449. The average molecular weight is 352 g/mol. The van der Waals surface area contributed by atoms with E-state index in [0.29, 0.717) is 27.6 Å². The van der Waals surface area contributed by atoms with Crippen LogP contribution in [0.5, 0.6) is 0 Å². The third kappa shape index (κ3) is 2.76. The van der Waals surface area contributed by atoms with Gasteiger partial charge in [0.25, 0.3) is 11.8 Å². The summed E-state index contributed by atoms with van der Waals surface area (Å²) < 4.78 is 0. The Morgan fingerprint density at radius 3 is 2.92 bits per heavy atom. The number of para-hydroxylation sites is 1. The number of thiazole rings is 1. The molecule has 0 saturated carbocycles. The highest BCUT2D eigenvalue weighted by Crippen LogP contribution is 2.26. The fourth-order valence-electron chi connectivity index (χ4n) is 2.46. The summed E-state index contributed by atoms with van der Waals surface area (Å²) in [4.78, 5) is 37.9. The molecular weight excluding hydrogens is 340 g/mol. The number of carbonyl (C=O) groups is 2. The zero-order valence-electron chi connectivity index (χ0n) is 12.7. The van der Waals surface area contributed by atoms with E-state index in [9.17, 15) is 9.59 Å². The van der Waals surface area contributed by atoms with Gasteiger partial charge in [-0.05, 0) is 18.2 Å². The van der Waals surface area contributed by atoms with Crippen LogP contribution in [0.25, 0.3) is 22.3 Å². The number of benzene rings is 1. The van der Waals surface area contributed by atoms with E-state index < -0.39 is 5.91 Å². The molecule has 8 nitrogen and oxygen atoms in total. The molecule has 0 aliphatic rings. The predicted octanol–water partition coefficient (Wildman–Crippen LogP) is 2.37. The molecule has 3 aromatic heterocycles. The normalized spacial score (nSPS) is 10.9. The van der Waals surface area contributed by atoms with Gasteiger partial charge in [0.1, 0.15) is 11.2 Å². The summed E-state index contributed by atoms with van der Waals surface area (Å²) in [5, 5.41) is 5.02. The fourth-order valence-corrected chi connectivity index (χ4v) is 3.18. The first-order valence-corrected chi connectivity index (χ1v) is 8.17. The zero-order chi connectivity index (χ0) is 17.4. The summed E-state index contributed by atoms with van der Waals surface area (Å²) in [6.07, 6.45) is 3.19. The molecule has 124 valence electrons. The van der Waals surface area contributed by atoms with Crippen molar-refractivity contribution in [2.45, 2.75) is 0 Å². The first kappa shape index (κ1) is 15.1. The lowest BCUT2D eigenvalue weighted by Crippen LogP contribution is -2.12. The van der Waals surface area contributed by atoms with Crippen molar-refractivity contribution in [1.29, 1.82) is 0 Å². The highest BCUT2D eigenvalue weighted by atomic mass is 32.1. The number of primary amides is 1. The van der Waals surface area contributed by atoms with Gasteiger partial charge in [-0.25, -0.2) is 9.97 Å². The standard InChI is InChI=1S/C16H12N6O2S/c17-14(23)11-4-8(5-18-11)12-6-25-16(21-12)22-15(24)9-2-1-3-10-13(9)20-7-19-10/h1-7,18H,(H2,17,23)(H,19,20)(H,21,22,24). The zero-order valence-corrected chi connectivity index (χ0v) is 13.6. The molecule has 0 fully saturated rings. The molecule has 4 aromatic rings. The average Bonchev–Trinajstić information content (AvgIpc) is 3.33. The Kier molecular flexibility index (Phi) is 3.55. The number of aromatic amines is 2. The number of nitrogens with one attached hydrogen (secondary N) is 3. The summed E-state index contributed by atoms with van der Waals surface area (Å²) in [5.74, 6) is -0.826. The molecule has 3 heterocycles. The molecule has 0 unspecified atom stereocenters. The highest BCUT2D eigenvalue weighted by Gasteiger charge is 2.15. The molecule has 2 amide bonds. The Hall–Kier alpha value is -3.46. The van der Waals surface area contributed by atoms with Crippen molar-refractivity contribution in [3.8, 4) is 11.3 Å². The minimum atomic E-state index is -0.540. The van der Waals surface area contributed by atoms with E-state index in [0.717, 1.165) is 11.1 Å². The van der Waals surface area contributed by atoms with Crippen molar-refractivity contribution in [3.63, 3.8) is 0 Å². The van der Waals surface area contributed by atoms with E-state index in [1.54, 1.807) is 36.1 Å². The van der Waals surface area contributed by atoms with E-state index in [-0.39, 0.29) is 5.91 Å². The van der Waals surface area contributed by atoms with E-state index in [1.165, 1.54) is 11.3 Å². The second-order valence-electron chi connectivity index (χ2n) is 5.26. The van der Waals surface area contributed by atoms with Crippen molar-refractivity contribution in [2.75, 3.05) is 5.32 Å². The van der Waals surface area contributed by atoms with Crippen molar-refractivity contribution in [1.82, 2.24) is 19.9 Å². The van der Waals surface area contributed by atoms with Gasteiger partial charge in [-0.3, -0.25) is 14.9 Å². The first-order valence-electron chi connectivity index (χ1n) is 7.29. The molecule has 0 saturated heterocycles. The topological polar surface area (TPSA) is 130 Å². The van der Waals surface area contributed by atoms with Gasteiger partial charge in [-0.2, -0.15) is 0 Å². The second kappa shape index (κ2) is 5.87. The van der Waals surface area contributed by atoms with Crippen LogP contribution < -0.4 is 11.1 Å². The summed E-state index contributed by atoms with van der Waals surface area (Å²) in [5.41, 5.74) is 8.75. The molecule has 0 radical (unpaired) electrons. The molecule has 5 N–H and O–H groups in total. The minimum absolute atomic E-state index is 0.287. The van der Waals surface area contributed by atoms with Crippen LogP contribution in [0.1, 0.15) is 20.8 Å². The second-order valence-corrected chi connectivity index (χ2v) is 6.12. The largest absolute Gasteiger partial charge is 0.364 e. The Labute approximate surface area is 145 Å². The highest BCUT2D eigenvalue weighted by molar-refractivity contribution is 7.14. The van der Waals surface area contributed by atoms with Gasteiger partial charge in [0.2, 0.25) is 0 Å². The summed E-state index contributed by atoms with van der Waals surface area (Å²) in [6, 6.07) is 6.96. The van der Waals surface area contributed by atoms with Crippen LogP contribution in [0.2, 0.25) is 0 Å². The first-order chi connectivity index (χ1) is 12.1. The van der Waals surface area contributed by atoms with Gasteiger partial charge in [-0.1, -0.05) is 6.07 Å².